The van der Waals surface area contributed by atoms with Crippen LogP contribution in [0.5, 0.6) is 0 Å². The standard InChI is InChI=1S/C13H15Cl2NO2/c1-9(2)8-18-16-13(17)6-4-10-3-5-11(14)12(15)7-10/h3-7,9H,8H2,1-2H3,(H,16,17)/b6-4+. The minimum Gasteiger partial charge on any atom is -0.273 e. The lowest BCUT2D eigenvalue weighted by atomic mass is 10.2. The van der Waals surface area contributed by atoms with Crippen molar-refractivity contribution in [3.05, 3.63) is 39.9 Å². The van der Waals surface area contributed by atoms with Gasteiger partial charge in [0.05, 0.1) is 16.7 Å². The van der Waals surface area contributed by atoms with Crippen molar-refractivity contribution in [2.45, 2.75) is 13.8 Å². The fraction of sp³-hybridized carbons (Fsp3) is 0.308. The summed E-state index contributed by atoms with van der Waals surface area (Å²) in [6.45, 7) is 4.47. The van der Waals surface area contributed by atoms with Gasteiger partial charge in [0.15, 0.2) is 0 Å². The molecule has 1 N–H and O–H groups in total. The van der Waals surface area contributed by atoms with Gasteiger partial charge in [-0.25, -0.2) is 5.48 Å². The lowest BCUT2D eigenvalue weighted by molar-refractivity contribution is -0.129. The van der Waals surface area contributed by atoms with Gasteiger partial charge in [-0.1, -0.05) is 43.1 Å². The number of rotatable bonds is 5. The van der Waals surface area contributed by atoms with E-state index in [9.17, 15) is 4.79 Å². The molecule has 0 saturated carbocycles. The molecule has 1 aromatic rings. The Morgan fingerprint density at radius 3 is 2.72 bits per heavy atom. The second-order valence-corrected chi connectivity index (χ2v) is 4.99. The minimum absolute atomic E-state index is 0.318. The molecule has 0 saturated heterocycles. The molecule has 0 atom stereocenters. The van der Waals surface area contributed by atoms with Crippen molar-refractivity contribution in [2.75, 3.05) is 6.61 Å². The minimum atomic E-state index is -0.318. The second-order valence-electron chi connectivity index (χ2n) is 4.18. The molecule has 0 aliphatic rings. The molecule has 0 fully saturated rings. The van der Waals surface area contributed by atoms with E-state index < -0.39 is 0 Å². The molecule has 0 bridgehead atoms. The van der Waals surface area contributed by atoms with Gasteiger partial charge in [0.2, 0.25) is 0 Å². The molecule has 1 amide bonds. The van der Waals surface area contributed by atoms with E-state index in [-0.39, 0.29) is 5.91 Å². The van der Waals surface area contributed by atoms with E-state index in [2.05, 4.69) is 5.48 Å². The second kappa shape index (κ2) is 7.41. The number of amides is 1. The monoisotopic (exact) mass is 287 g/mol. The quantitative estimate of drug-likeness (QED) is 0.662. The molecule has 0 radical (unpaired) electrons. The number of halogens is 2. The summed E-state index contributed by atoms with van der Waals surface area (Å²) in [7, 11) is 0. The molecule has 1 aromatic carbocycles. The largest absolute Gasteiger partial charge is 0.273 e. The molecule has 0 aliphatic carbocycles. The molecule has 5 heteroatoms. The first kappa shape index (κ1) is 15.0. The summed E-state index contributed by atoms with van der Waals surface area (Å²) in [5.41, 5.74) is 3.12. The molecule has 0 unspecified atom stereocenters. The number of hydrogen-bond donors (Lipinski definition) is 1. The molecule has 1 rings (SSSR count). The van der Waals surface area contributed by atoms with Crippen LogP contribution < -0.4 is 5.48 Å². The molecule has 3 nitrogen and oxygen atoms in total. The van der Waals surface area contributed by atoms with Gasteiger partial charge in [-0.05, 0) is 29.7 Å². The van der Waals surface area contributed by atoms with Crippen LogP contribution >= 0.6 is 23.2 Å². The van der Waals surface area contributed by atoms with Gasteiger partial charge >= 0.3 is 0 Å². The summed E-state index contributed by atoms with van der Waals surface area (Å²) in [6.07, 6.45) is 3.01. The SMILES string of the molecule is CC(C)CONC(=O)/C=C/c1ccc(Cl)c(Cl)c1. The highest BCUT2D eigenvalue weighted by Crippen LogP contribution is 2.22. The van der Waals surface area contributed by atoms with Crippen LogP contribution in [0.25, 0.3) is 6.08 Å². The third kappa shape index (κ3) is 5.54. The summed E-state index contributed by atoms with van der Waals surface area (Å²) < 4.78 is 0. The Kier molecular flexibility index (Phi) is 6.19. The van der Waals surface area contributed by atoms with E-state index in [1.54, 1.807) is 24.3 Å². The number of benzene rings is 1. The van der Waals surface area contributed by atoms with Crippen LogP contribution in [0.1, 0.15) is 19.4 Å². The highest BCUT2D eigenvalue weighted by Gasteiger charge is 1.99. The maximum Gasteiger partial charge on any atom is 0.267 e. The van der Waals surface area contributed by atoms with E-state index in [0.29, 0.717) is 22.6 Å². The molecule has 0 heterocycles. The Morgan fingerprint density at radius 2 is 2.11 bits per heavy atom. The number of hydrogen-bond acceptors (Lipinski definition) is 2. The zero-order valence-corrected chi connectivity index (χ0v) is 11.8. The molecule has 98 valence electrons. The van der Waals surface area contributed by atoms with Crippen LogP contribution in [-0.2, 0) is 9.63 Å². The summed E-state index contributed by atoms with van der Waals surface area (Å²) in [5, 5.41) is 0.939. The summed E-state index contributed by atoms with van der Waals surface area (Å²) in [4.78, 5) is 16.4. The van der Waals surface area contributed by atoms with Gasteiger partial charge in [-0.2, -0.15) is 0 Å². The van der Waals surface area contributed by atoms with Crippen molar-refractivity contribution < 1.29 is 9.63 Å². The van der Waals surface area contributed by atoms with Crippen molar-refractivity contribution in [1.29, 1.82) is 0 Å². The van der Waals surface area contributed by atoms with Crippen molar-refractivity contribution in [2.24, 2.45) is 5.92 Å². The molecule has 18 heavy (non-hydrogen) atoms. The molecular formula is C13H15Cl2NO2. The lowest BCUT2D eigenvalue weighted by Gasteiger charge is -2.05. The molecule has 0 spiro atoms. The Hall–Kier alpha value is -1.03. The van der Waals surface area contributed by atoms with Gasteiger partial charge in [0.1, 0.15) is 0 Å². The zero-order valence-electron chi connectivity index (χ0n) is 10.2. The van der Waals surface area contributed by atoms with E-state index >= 15 is 0 Å². The molecule has 0 aromatic heterocycles. The fourth-order valence-electron chi connectivity index (χ4n) is 1.10. The van der Waals surface area contributed by atoms with Crippen molar-refractivity contribution >= 4 is 35.2 Å². The lowest BCUT2D eigenvalue weighted by Crippen LogP contribution is -2.23. The van der Waals surface area contributed by atoms with E-state index in [1.165, 1.54) is 6.08 Å². The van der Waals surface area contributed by atoms with Crippen LogP contribution in [0.15, 0.2) is 24.3 Å². The first-order valence-corrected chi connectivity index (χ1v) is 6.29. The fourth-order valence-corrected chi connectivity index (χ4v) is 1.41. The number of hydroxylamine groups is 1. The first-order chi connectivity index (χ1) is 8.49. The maximum atomic E-state index is 11.4. The van der Waals surface area contributed by atoms with Crippen LogP contribution in [0.2, 0.25) is 10.0 Å². The molecular weight excluding hydrogens is 273 g/mol. The third-order valence-corrected chi connectivity index (χ3v) is 2.70. The van der Waals surface area contributed by atoms with E-state index in [4.69, 9.17) is 28.0 Å². The van der Waals surface area contributed by atoms with Crippen molar-refractivity contribution in [3.8, 4) is 0 Å². The first-order valence-electron chi connectivity index (χ1n) is 5.54. The average Bonchev–Trinajstić information content (AvgIpc) is 2.30. The number of carbonyl (C=O) groups is 1. The number of carbonyl (C=O) groups excluding carboxylic acids is 1. The van der Waals surface area contributed by atoms with Gasteiger partial charge < -0.3 is 0 Å². The maximum absolute atomic E-state index is 11.4. The normalized spacial score (nSPS) is 11.2. The predicted octanol–water partition coefficient (Wildman–Crippen LogP) is 3.71. The Morgan fingerprint density at radius 1 is 1.39 bits per heavy atom. The van der Waals surface area contributed by atoms with Crippen LogP contribution in [0, 0.1) is 5.92 Å². The van der Waals surface area contributed by atoms with Crippen molar-refractivity contribution in [3.63, 3.8) is 0 Å². The van der Waals surface area contributed by atoms with Gasteiger partial charge in [0, 0.05) is 6.08 Å². The topological polar surface area (TPSA) is 38.3 Å². The van der Waals surface area contributed by atoms with Gasteiger partial charge in [-0.15, -0.1) is 0 Å². The smallest absolute Gasteiger partial charge is 0.267 e. The Bertz CT molecular complexity index is 445. The van der Waals surface area contributed by atoms with Gasteiger partial charge in [0.25, 0.3) is 5.91 Å². The highest BCUT2D eigenvalue weighted by atomic mass is 35.5. The van der Waals surface area contributed by atoms with Crippen LogP contribution in [0.3, 0.4) is 0 Å². The summed E-state index contributed by atoms with van der Waals surface area (Å²) in [6, 6.07) is 5.13. The number of nitrogens with one attached hydrogen (secondary N) is 1. The van der Waals surface area contributed by atoms with Crippen LogP contribution in [0.4, 0.5) is 0 Å². The van der Waals surface area contributed by atoms with Crippen molar-refractivity contribution in [1.82, 2.24) is 5.48 Å². The Balaban J connectivity index is 2.48. The van der Waals surface area contributed by atoms with E-state index in [1.807, 2.05) is 13.8 Å². The Labute approximate surface area is 117 Å². The van der Waals surface area contributed by atoms with Gasteiger partial charge in [-0.3, -0.25) is 9.63 Å². The zero-order chi connectivity index (χ0) is 13.5. The van der Waals surface area contributed by atoms with Crippen LogP contribution in [-0.4, -0.2) is 12.5 Å². The summed E-state index contributed by atoms with van der Waals surface area (Å²) >= 11 is 11.6. The highest BCUT2D eigenvalue weighted by molar-refractivity contribution is 6.42. The third-order valence-electron chi connectivity index (χ3n) is 1.96. The van der Waals surface area contributed by atoms with E-state index in [0.717, 1.165) is 5.56 Å². The average molecular weight is 288 g/mol. The molecule has 0 aliphatic heterocycles. The summed E-state index contributed by atoms with van der Waals surface area (Å²) in [5.74, 6) is 0.0473. The predicted molar refractivity (Wildman–Crippen MR) is 74.4 cm³/mol.